The van der Waals surface area contributed by atoms with Crippen molar-refractivity contribution < 1.29 is 19.1 Å². The van der Waals surface area contributed by atoms with Crippen LogP contribution in [0.5, 0.6) is 0 Å². The molecule has 0 amide bonds. The van der Waals surface area contributed by atoms with Gasteiger partial charge >= 0.3 is 5.97 Å². The van der Waals surface area contributed by atoms with E-state index < -0.39 is 17.2 Å². The molecule has 2 aliphatic carbocycles. The first-order valence-electron chi connectivity index (χ1n) is 10.6. The number of anilines is 1. The lowest BCUT2D eigenvalue weighted by atomic mass is 10.0. The summed E-state index contributed by atoms with van der Waals surface area (Å²) >= 11 is 0. The van der Waals surface area contributed by atoms with Crippen molar-refractivity contribution in [2.75, 3.05) is 25.1 Å². The minimum atomic E-state index is -1.32. The molecule has 2 saturated carbocycles. The van der Waals surface area contributed by atoms with Gasteiger partial charge in [-0.05, 0) is 31.7 Å². The zero-order valence-electron chi connectivity index (χ0n) is 17.2. The summed E-state index contributed by atoms with van der Waals surface area (Å²) in [6.45, 7) is 0.996. The van der Waals surface area contributed by atoms with E-state index in [1.165, 1.54) is 13.3 Å². The van der Waals surface area contributed by atoms with Crippen molar-refractivity contribution in [2.24, 2.45) is 5.16 Å². The molecule has 164 valence electrons. The fourth-order valence-electron chi connectivity index (χ4n) is 4.19. The monoisotopic (exact) mass is 429 g/mol. The maximum atomic E-state index is 15.1. The molecule has 3 heterocycles. The van der Waals surface area contributed by atoms with Gasteiger partial charge in [0.2, 0.25) is 5.43 Å². The summed E-state index contributed by atoms with van der Waals surface area (Å²) in [5, 5.41) is 17.1. The molecule has 31 heavy (non-hydrogen) atoms. The lowest BCUT2D eigenvalue weighted by Gasteiger charge is -2.35. The number of hydrogen-bond donors (Lipinski definition) is 2. The van der Waals surface area contributed by atoms with Crippen molar-refractivity contribution in [3.8, 4) is 0 Å². The number of piperidine rings is 1. The van der Waals surface area contributed by atoms with Crippen LogP contribution in [-0.4, -0.2) is 58.6 Å². The highest BCUT2D eigenvalue weighted by molar-refractivity contribution is 5.93. The van der Waals surface area contributed by atoms with Crippen LogP contribution >= 0.6 is 0 Å². The molecule has 3 aliphatic rings. The quantitative estimate of drug-likeness (QED) is 0.675. The van der Waals surface area contributed by atoms with Gasteiger partial charge in [-0.3, -0.25) is 4.79 Å². The number of carboxylic acids is 1. The summed E-state index contributed by atoms with van der Waals surface area (Å²) in [7, 11) is 1.51. The Morgan fingerprint density at radius 3 is 2.77 bits per heavy atom. The topological polar surface area (TPSA) is 109 Å². The Hall–Kier alpha value is -3.01. The first-order chi connectivity index (χ1) is 15.0. The van der Waals surface area contributed by atoms with E-state index in [-0.39, 0.29) is 28.9 Å². The number of rotatable bonds is 6. The molecule has 2 aromatic rings. The number of halogens is 1. The predicted octanol–water partition coefficient (Wildman–Crippen LogP) is 1.90. The number of pyridine rings is 2. The van der Waals surface area contributed by atoms with E-state index in [1.807, 2.05) is 4.90 Å². The van der Waals surface area contributed by atoms with Crippen molar-refractivity contribution in [1.29, 1.82) is 0 Å². The Kier molecular flexibility index (Phi) is 4.88. The van der Waals surface area contributed by atoms with E-state index in [1.54, 1.807) is 4.57 Å². The summed E-state index contributed by atoms with van der Waals surface area (Å²) in [4.78, 5) is 35.5. The molecule has 1 aliphatic heterocycles. The summed E-state index contributed by atoms with van der Waals surface area (Å²) < 4.78 is 16.9. The maximum Gasteiger partial charge on any atom is 0.341 e. The van der Waals surface area contributed by atoms with E-state index in [0.717, 1.165) is 37.5 Å². The van der Waals surface area contributed by atoms with Gasteiger partial charge in [0, 0.05) is 37.8 Å². The van der Waals surface area contributed by atoms with Gasteiger partial charge in [-0.25, -0.2) is 14.2 Å². The van der Waals surface area contributed by atoms with Crippen LogP contribution in [0.4, 0.5) is 10.2 Å². The second kappa shape index (κ2) is 7.60. The molecule has 0 aromatic carbocycles. The van der Waals surface area contributed by atoms with Gasteiger partial charge < -0.3 is 24.7 Å². The number of carbonyl (C=O) groups is 1. The fraction of sp³-hybridized carbons (Fsp3) is 0.524. The molecular formula is C21H24FN5O4. The molecule has 0 radical (unpaired) electrons. The van der Waals surface area contributed by atoms with E-state index in [9.17, 15) is 14.7 Å². The predicted molar refractivity (Wildman–Crippen MR) is 112 cm³/mol. The number of nitrogens with one attached hydrogen (secondary N) is 1. The van der Waals surface area contributed by atoms with Gasteiger partial charge in [-0.15, -0.1) is 0 Å². The third kappa shape index (κ3) is 3.76. The summed E-state index contributed by atoms with van der Waals surface area (Å²) in [6, 6.07) is 1.58. The van der Waals surface area contributed by atoms with Crippen LogP contribution in [0.25, 0.3) is 11.0 Å². The Morgan fingerprint density at radius 2 is 2.13 bits per heavy atom. The fourth-order valence-corrected chi connectivity index (χ4v) is 4.19. The molecule has 10 heteroatoms. The Labute approximate surface area is 177 Å². The number of aromatic carboxylic acids is 1. The van der Waals surface area contributed by atoms with Crippen LogP contribution in [0, 0.1) is 5.82 Å². The van der Waals surface area contributed by atoms with Crippen LogP contribution in [0.2, 0.25) is 0 Å². The highest BCUT2D eigenvalue weighted by atomic mass is 19.1. The minimum absolute atomic E-state index is 0.000602. The van der Waals surface area contributed by atoms with Crippen LogP contribution in [0.3, 0.4) is 0 Å². The summed E-state index contributed by atoms with van der Waals surface area (Å²) in [5.74, 6) is -1.78. The highest BCUT2D eigenvalue weighted by Gasteiger charge is 2.34. The smallest absolute Gasteiger partial charge is 0.341 e. The molecule has 3 fully saturated rings. The normalized spacial score (nSPS) is 22.8. The van der Waals surface area contributed by atoms with Gasteiger partial charge in [-0.2, -0.15) is 0 Å². The average molecular weight is 429 g/mol. The number of fused-ring (bicyclic) bond motifs is 1. The number of oxime groups is 1. The first kappa shape index (κ1) is 19.9. The standard InChI is InChI=1S/C21H24FN5O4/c1-31-25-16-6-7-26(10-17(16)23-11-2-3-11)20-15(22)8-13-18(28)14(21(29)30)9-27(12-4-5-12)19(13)24-20/h8-9,11-12,17,23H,2-7,10H2,1H3,(H,29,30)/b25-16+. The number of hydrogen-bond acceptors (Lipinski definition) is 7. The van der Waals surface area contributed by atoms with Crippen molar-refractivity contribution in [2.45, 2.75) is 50.2 Å². The molecular weight excluding hydrogens is 405 g/mol. The van der Waals surface area contributed by atoms with E-state index in [2.05, 4.69) is 15.5 Å². The molecule has 9 nitrogen and oxygen atoms in total. The minimum Gasteiger partial charge on any atom is -0.477 e. The Morgan fingerprint density at radius 1 is 1.35 bits per heavy atom. The van der Waals surface area contributed by atoms with Crippen LogP contribution < -0.4 is 15.6 Å². The molecule has 5 rings (SSSR count). The second-order valence-corrected chi connectivity index (χ2v) is 8.44. The highest BCUT2D eigenvalue weighted by Crippen LogP contribution is 2.37. The number of carboxylic acid groups (broad SMARTS) is 1. The molecule has 2 aromatic heterocycles. The first-order valence-corrected chi connectivity index (χ1v) is 10.6. The molecule has 1 saturated heterocycles. The van der Waals surface area contributed by atoms with E-state index >= 15 is 4.39 Å². The third-order valence-corrected chi connectivity index (χ3v) is 6.08. The van der Waals surface area contributed by atoms with E-state index in [4.69, 9.17) is 4.84 Å². The van der Waals surface area contributed by atoms with Crippen LogP contribution in [0.1, 0.15) is 48.5 Å². The SMILES string of the molecule is CO/N=C1\CCN(c2nc3c(cc2F)c(=O)c(C(=O)O)cn3C2CC2)CC1NC1CC1. The van der Waals surface area contributed by atoms with Crippen molar-refractivity contribution in [3.63, 3.8) is 0 Å². The van der Waals surface area contributed by atoms with Crippen molar-refractivity contribution in [1.82, 2.24) is 14.9 Å². The van der Waals surface area contributed by atoms with Gasteiger partial charge in [0.25, 0.3) is 0 Å². The number of aromatic nitrogens is 2. The molecule has 1 unspecified atom stereocenters. The Bertz CT molecular complexity index is 1140. The lowest BCUT2D eigenvalue weighted by molar-refractivity contribution is 0.0695. The summed E-state index contributed by atoms with van der Waals surface area (Å²) in [6.07, 6.45) is 5.91. The van der Waals surface area contributed by atoms with Crippen molar-refractivity contribution in [3.05, 3.63) is 33.9 Å². The molecule has 0 bridgehead atoms. The molecule has 2 N–H and O–H groups in total. The zero-order valence-corrected chi connectivity index (χ0v) is 17.2. The van der Waals surface area contributed by atoms with Gasteiger partial charge in [0.05, 0.1) is 17.1 Å². The van der Waals surface area contributed by atoms with E-state index in [0.29, 0.717) is 31.2 Å². The lowest BCUT2D eigenvalue weighted by Crippen LogP contribution is -2.52. The third-order valence-electron chi connectivity index (χ3n) is 6.08. The largest absolute Gasteiger partial charge is 0.477 e. The second-order valence-electron chi connectivity index (χ2n) is 8.44. The maximum absolute atomic E-state index is 15.1. The summed E-state index contributed by atoms with van der Waals surface area (Å²) in [5.41, 5.74) is 0.156. The Balaban J connectivity index is 1.55. The van der Waals surface area contributed by atoms with Gasteiger partial charge in [0.15, 0.2) is 11.6 Å². The van der Waals surface area contributed by atoms with Crippen molar-refractivity contribution >= 4 is 28.5 Å². The van der Waals surface area contributed by atoms with Gasteiger partial charge in [0.1, 0.15) is 18.3 Å². The van der Waals surface area contributed by atoms with Crippen LogP contribution in [0.15, 0.2) is 22.2 Å². The molecule has 1 atom stereocenters. The average Bonchev–Trinajstić information content (AvgIpc) is 3.64. The zero-order chi connectivity index (χ0) is 21.7. The van der Waals surface area contributed by atoms with Gasteiger partial charge in [-0.1, -0.05) is 5.16 Å². The number of nitrogens with zero attached hydrogens (tertiary/aromatic N) is 4. The molecule has 0 spiro atoms. The van der Waals surface area contributed by atoms with Crippen LogP contribution in [-0.2, 0) is 4.84 Å².